The highest BCUT2D eigenvalue weighted by Gasteiger charge is 2.62. The van der Waals surface area contributed by atoms with Gasteiger partial charge in [-0.3, -0.25) is 4.79 Å². The minimum absolute atomic E-state index is 0.0281. The molecule has 0 saturated carbocycles. The maximum Gasteiger partial charge on any atom is 0.435 e. The number of anilines is 1. The predicted molar refractivity (Wildman–Crippen MR) is 126 cm³/mol. The van der Waals surface area contributed by atoms with Crippen molar-refractivity contribution in [1.29, 1.82) is 0 Å². The Labute approximate surface area is 205 Å². The summed E-state index contributed by atoms with van der Waals surface area (Å²) < 4.78 is 42.5. The summed E-state index contributed by atoms with van der Waals surface area (Å²) in [6, 6.07) is 8.31. The average molecular weight is 522 g/mol. The maximum absolute atomic E-state index is 14.2. The molecule has 33 heavy (non-hydrogen) atoms. The standard InChI is InChI=1S/C23H22Cl3F3N2O2/c1-2-3-4-5-18(32)13-30-20-8-14(6-7-19(20)26)21-12-22(33-31-21,23(27,28)29)15-9-16(24)11-17(25)10-15/h6-11,30H,2-5,12-13H2,1H3. The number of hydrogen-bond donors (Lipinski definition) is 1. The quantitative estimate of drug-likeness (QED) is 0.343. The molecule has 2 aromatic carbocycles. The number of rotatable bonds is 9. The Hall–Kier alpha value is -1.96. The Balaban J connectivity index is 1.81. The maximum atomic E-state index is 14.2. The first-order valence-electron chi connectivity index (χ1n) is 10.4. The number of nitrogens with one attached hydrogen (secondary N) is 1. The van der Waals surface area contributed by atoms with Gasteiger partial charge in [-0.15, -0.1) is 0 Å². The summed E-state index contributed by atoms with van der Waals surface area (Å²) in [5.74, 6) is 0.0281. The summed E-state index contributed by atoms with van der Waals surface area (Å²) in [6.45, 7) is 2.13. The first kappa shape index (κ1) is 25.7. The zero-order valence-corrected chi connectivity index (χ0v) is 20.0. The Bertz CT molecular complexity index is 1040. The van der Waals surface area contributed by atoms with Crippen LogP contribution in [0.2, 0.25) is 15.1 Å². The SMILES string of the molecule is CCCCCC(=O)CNc1cc(C2=NOC(c3cc(Cl)cc(Cl)c3)(C(F)(F)F)C2)ccc1Cl. The van der Waals surface area contributed by atoms with Gasteiger partial charge in [0.15, 0.2) is 5.78 Å². The third-order valence-corrected chi connectivity index (χ3v) is 6.12. The largest absolute Gasteiger partial charge is 0.435 e. The van der Waals surface area contributed by atoms with Gasteiger partial charge in [-0.25, -0.2) is 0 Å². The van der Waals surface area contributed by atoms with E-state index >= 15 is 0 Å². The second-order valence-corrected chi connectivity index (χ2v) is 9.11. The molecule has 4 nitrogen and oxygen atoms in total. The second kappa shape index (κ2) is 10.5. The summed E-state index contributed by atoms with van der Waals surface area (Å²) in [6.07, 6.45) is -2.12. The fourth-order valence-corrected chi connectivity index (χ4v) is 4.25. The third-order valence-electron chi connectivity index (χ3n) is 5.35. The van der Waals surface area contributed by atoms with Crippen molar-refractivity contribution in [2.75, 3.05) is 11.9 Å². The molecular weight excluding hydrogens is 500 g/mol. The zero-order chi connectivity index (χ0) is 24.2. The van der Waals surface area contributed by atoms with Crippen molar-refractivity contribution >= 4 is 52.0 Å². The number of alkyl halides is 3. The van der Waals surface area contributed by atoms with E-state index < -0.39 is 18.2 Å². The van der Waals surface area contributed by atoms with Gasteiger partial charge in [0, 0.05) is 34.0 Å². The lowest BCUT2D eigenvalue weighted by Gasteiger charge is -2.29. The smallest absolute Gasteiger partial charge is 0.377 e. The number of oxime groups is 1. The van der Waals surface area contributed by atoms with Crippen LogP contribution in [0.25, 0.3) is 0 Å². The van der Waals surface area contributed by atoms with Crippen molar-refractivity contribution < 1.29 is 22.8 Å². The van der Waals surface area contributed by atoms with E-state index in [1.165, 1.54) is 24.3 Å². The van der Waals surface area contributed by atoms with Crippen molar-refractivity contribution in [2.24, 2.45) is 5.16 Å². The fourth-order valence-electron chi connectivity index (χ4n) is 3.54. The van der Waals surface area contributed by atoms with Gasteiger partial charge in [-0.2, -0.15) is 13.2 Å². The second-order valence-electron chi connectivity index (χ2n) is 7.83. The van der Waals surface area contributed by atoms with E-state index in [0.29, 0.717) is 22.7 Å². The number of ketones is 1. The average Bonchev–Trinajstić information content (AvgIpc) is 3.20. The molecule has 10 heteroatoms. The number of hydrogen-bond acceptors (Lipinski definition) is 4. The monoisotopic (exact) mass is 520 g/mol. The molecule has 1 N–H and O–H groups in total. The molecule has 1 heterocycles. The molecule has 0 radical (unpaired) electrons. The molecular formula is C23H22Cl3F3N2O2. The van der Waals surface area contributed by atoms with E-state index in [1.807, 2.05) is 0 Å². The van der Waals surface area contributed by atoms with Crippen LogP contribution < -0.4 is 5.32 Å². The molecule has 3 rings (SSSR count). The van der Waals surface area contributed by atoms with E-state index in [2.05, 4.69) is 17.4 Å². The van der Waals surface area contributed by atoms with Crippen molar-refractivity contribution in [3.05, 3.63) is 62.6 Å². The van der Waals surface area contributed by atoms with Gasteiger partial charge in [0.1, 0.15) is 0 Å². The van der Waals surface area contributed by atoms with Gasteiger partial charge in [0.2, 0.25) is 0 Å². The zero-order valence-electron chi connectivity index (χ0n) is 17.7. The Morgan fingerprint density at radius 2 is 1.82 bits per heavy atom. The molecule has 178 valence electrons. The highest BCUT2D eigenvalue weighted by molar-refractivity contribution is 6.34. The predicted octanol–water partition coefficient (Wildman–Crippen LogP) is 7.79. The van der Waals surface area contributed by atoms with Crippen LogP contribution >= 0.6 is 34.8 Å². The first-order chi connectivity index (χ1) is 15.6. The van der Waals surface area contributed by atoms with Crippen LogP contribution in [0.4, 0.5) is 18.9 Å². The summed E-state index contributed by atoms with van der Waals surface area (Å²) >= 11 is 18.1. The van der Waals surface area contributed by atoms with Crippen LogP contribution in [0.5, 0.6) is 0 Å². The fraction of sp³-hybridized carbons (Fsp3) is 0.391. The number of nitrogens with zero attached hydrogens (tertiary/aromatic N) is 1. The molecule has 1 aliphatic rings. The van der Waals surface area contributed by atoms with Gasteiger partial charge in [0.25, 0.3) is 5.60 Å². The summed E-state index contributed by atoms with van der Waals surface area (Å²) in [5, 5.41) is 7.16. The van der Waals surface area contributed by atoms with Gasteiger partial charge < -0.3 is 10.2 Å². The number of benzene rings is 2. The number of unbranched alkanes of at least 4 members (excludes halogenated alkanes) is 2. The highest BCUT2D eigenvalue weighted by atomic mass is 35.5. The Kier molecular flexibility index (Phi) is 8.19. The Morgan fingerprint density at radius 3 is 2.45 bits per heavy atom. The lowest BCUT2D eigenvalue weighted by Crippen LogP contribution is -2.42. The first-order valence-corrected chi connectivity index (χ1v) is 11.5. The summed E-state index contributed by atoms with van der Waals surface area (Å²) in [5.41, 5.74) is -2.07. The van der Waals surface area contributed by atoms with Gasteiger partial charge in [0.05, 0.1) is 23.0 Å². The van der Waals surface area contributed by atoms with Gasteiger partial charge in [-0.05, 0) is 36.8 Å². The minimum Gasteiger partial charge on any atom is -0.377 e. The van der Waals surface area contributed by atoms with E-state index in [1.54, 1.807) is 12.1 Å². The van der Waals surface area contributed by atoms with Crippen LogP contribution in [0.3, 0.4) is 0 Å². The molecule has 1 atom stereocenters. The normalized spacial score (nSPS) is 18.1. The van der Waals surface area contributed by atoms with Gasteiger partial charge >= 0.3 is 6.18 Å². The lowest BCUT2D eigenvalue weighted by molar-refractivity contribution is -0.275. The van der Waals surface area contributed by atoms with Crippen LogP contribution in [0.15, 0.2) is 41.6 Å². The van der Waals surface area contributed by atoms with Crippen LogP contribution in [0, 0.1) is 0 Å². The van der Waals surface area contributed by atoms with Crippen LogP contribution in [-0.2, 0) is 15.2 Å². The number of carbonyl (C=O) groups excluding carboxylic acids is 1. The summed E-state index contributed by atoms with van der Waals surface area (Å²) in [7, 11) is 0. The third kappa shape index (κ3) is 5.94. The van der Waals surface area contributed by atoms with E-state index in [4.69, 9.17) is 39.6 Å². The number of carbonyl (C=O) groups is 1. The number of Topliss-reactive ketones (excluding diaryl/α,β-unsaturated/α-hetero) is 1. The molecule has 0 fully saturated rings. The highest BCUT2D eigenvalue weighted by Crippen LogP contribution is 2.49. The van der Waals surface area contributed by atoms with E-state index in [9.17, 15) is 18.0 Å². The molecule has 0 aliphatic carbocycles. The molecule has 0 spiro atoms. The van der Waals surface area contributed by atoms with Crippen molar-refractivity contribution in [3.8, 4) is 0 Å². The molecule has 2 aromatic rings. The topological polar surface area (TPSA) is 50.7 Å². The lowest BCUT2D eigenvalue weighted by atomic mass is 9.86. The van der Waals surface area contributed by atoms with E-state index in [-0.39, 0.29) is 33.6 Å². The molecule has 0 bridgehead atoms. The molecule has 0 aromatic heterocycles. The van der Waals surface area contributed by atoms with Crippen molar-refractivity contribution in [3.63, 3.8) is 0 Å². The Morgan fingerprint density at radius 1 is 1.12 bits per heavy atom. The van der Waals surface area contributed by atoms with Crippen LogP contribution in [-0.4, -0.2) is 24.2 Å². The summed E-state index contributed by atoms with van der Waals surface area (Å²) in [4.78, 5) is 17.1. The van der Waals surface area contributed by atoms with E-state index in [0.717, 1.165) is 19.3 Å². The molecule has 1 unspecified atom stereocenters. The number of halogens is 6. The molecule has 0 saturated heterocycles. The van der Waals surface area contributed by atoms with Crippen molar-refractivity contribution in [2.45, 2.75) is 50.8 Å². The van der Waals surface area contributed by atoms with Crippen LogP contribution in [0.1, 0.15) is 50.2 Å². The molecule has 0 amide bonds. The van der Waals surface area contributed by atoms with Crippen molar-refractivity contribution in [1.82, 2.24) is 0 Å². The van der Waals surface area contributed by atoms with Gasteiger partial charge in [-0.1, -0.05) is 65.8 Å². The molecule has 1 aliphatic heterocycles. The minimum atomic E-state index is -4.79.